The quantitative estimate of drug-likeness (QED) is 0.587. The van der Waals surface area contributed by atoms with E-state index in [0.29, 0.717) is 11.6 Å². The zero-order chi connectivity index (χ0) is 18.4. The standard InChI is InChI=1S/C20H22N6O/c1-25-6-3-13(4-7-25)12-26-17-9-16(11-23-19(17)24-20(26)27)15-8-14-2-5-21-18(14)22-10-15/h2,5,8-11,13H,3-4,6-7,12H2,1H3,(H,21,22)(H,23,24,27). The van der Waals surface area contributed by atoms with Crippen LogP contribution in [0.2, 0.25) is 0 Å². The molecule has 0 aromatic carbocycles. The Kier molecular flexibility index (Phi) is 3.82. The third-order valence-corrected chi connectivity index (χ3v) is 5.64. The number of nitrogens with one attached hydrogen (secondary N) is 2. The first-order chi connectivity index (χ1) is 13.2. The van der Waals surface area contributed by atoms with Crippen LogP contribution in [0.3, 0.4) is 0 Å². The van der Waals surface area contributed by atoms with Crippen LogP contribution in [0.4, 0.5) is 0 Å². The first kappa shape index (κ1) is 16.3. The number of nitrogens with zero attached hydrogens (tertiary/aromatic N) is 4. The predicted molar refractivity (Wildman–Crippen MR) is 106 cm³/mol. The Morgan fingerprint density at radius 3 is 2.67 bits per heavy atom. The minimum absolute atomic E-state index is 0.0761. The van der Waals surface area contributed by atoms with Crippen molar-refractivity contribution >= 4 is 22.2 Å². The fraction of sp³-hybridized carbons (Fsp3) is 0.350. The molecular formula is C20H22N6O. The second-order valence-corrected chi connectivity index (χ2v) is 7.52. The van der Waals surface area contributed by atoms with Gasteiger partial charge in [0.25, 0.3) is 0 Å². The average molecular weight is 362 g/mol. The van der Waals surface area contributed by atoms with Crippen molar-refractivity contribution in [1.29, 1.82) is 0 Å². The zero-order valence-electron chi connectivity index (χ0n) is 15.3. The van der Waals surface area contributed by atoms with E-state index >= 15 is 0 Å². The summed E-state index contributed by atoms with van der Waals surface area (Å²) in [4.78, 5) is 29.8. The molecule has 5 rings (SSSR count). The molecule has 1 fully saturated rings. The normalized spacial score (nSPS) is 16.5. The maximum Gasteiger partial charge on any atom is 0.327 e. The molecule has 0 aliphatic carbocycles. The number of imidazole rings is 1. The molecule has 0 bridgehead atoms. The van der Waals surface area contributed by atoms with E-state index in [-0.39, 0.29) is 5.69 Å². The molecule has 5 heterocycles. The van der Waals surface area contributed by atoms with Gasteiger partial charge in [-0.15, -0.1) is 0 Å². The summed E-state index contributed by atoms with van der Waals surface area (Å²) in [6.45, 7) is 2.92. The molecule has 138 valence electrons. The molecule has 7 heteroatoms. The largest absolute Gasteiger partial charge is 0.346 e. The van der Waals surface area contributed by atoms with Crippen LogP contribution in [0.1, 0.15) is 12.8 Å². The van der Waals surface area contributed by atoms with E-state index in [1.165, 1.54) is 0 Å². The van der Waals surface area contributed by atoms with Crippen molar-refractivity contribution in [2.24, 2.45) is 5.92 Å². The van der Waals surface area contributed by atoms with Crippen LogP contribution in [-0.2, 0) is 6.54 Å². The van der Waals surface area contributed by atoms with Crippen LogP contribution in [0.15, 0.2) is 41.6 Å². The SMILES string of the molecule is CN1CCC(Cn2c(=O)[nH]c3ncc(-c4cnc5[nH]ccc5c4)cc32)CC1. The van der Waals surface area contributed by atoms with Crippen LogP contribution in [0, 0.1) is 5.92 Å². The second-order valence-electron chi connectivity index (χ2n) is 7.52. The van der Waals surface area contributed by atoms with Gasteiger partial charge in [-0.2, -0.15) is 0 Å². The molecule has 4 aromatic heterocycles. The van der Waals surface area contributed by atoms with E-state index in [1.54, 1.807) is 6.20 Å². The Bertz CT molecular complexity index is 1160. The van der Waals surface area contributed by atoms with Crippen molar-refractivity contribution < 1.29 is 0 Å². The van der Waals surface area contributed by atoms with Crippen LogP contribution in [0.25, 0.3) is 33.3 Å². The highest BCUT2D eigenvalue weighted by Crippen LogP contribution is 2.25. The molecule has 1 aliphatic rings. The molecular weight excluding hydrogens is 340 g/mol. The maximum absolute atomic E-state index is 12.5. The number of hydrogen-bond donors (Lipinski definition) is 2. The number of aromatic amines is 2. The van der Waals surface area contributed by atoms with Gasteiger partial charge in [0.1, 0.15) is 5.65 Å². The highest BCUT2D eigenvalue weighted by molar-refractivity contribution is 5.84. The summed E-state index contributed by atoms with van der Waals surface area (Å²) < 4.78 is 1.85. The van der Waals surface area contributed by atoms with E-state index in [2.05, 4.69) is 37.9 Å². The van der Waals surface area contributed by atoms with Gasteiger partial charge in [-0.1, -0.05) is 0 Å². The fourth-order valence-corrected chi connectivity index (χ4v) is 3.97. The van der Waals surface area contributed by atoms with Gasteiger partial charge in [0.2, 0.25) is 0 Å². The van der Waals surface area contributed by atoms with Gasteiger partial charge in [-0.3, -0.25) is 9.55 Å². The number of likely N-dealkylation sites (tertiary alicyclic amines) is 1. The lowest BCUT2D eigenvalue weighted by molar-refractivity contribution is 0.205. The van der Waals surface area contributed by atoms with Crippen molar-refractivity contribution in [2.75, 3.05) is 20.1 Å². The summed E-state index contributed by atoms with van der Waals surface area (Å²) in [5.41, 5.74) is 4.27. The van der Waals surface area contributed by atoms with Crippen LogP contribution < -0.4 is 5.69 Å². The molecule has 0 radical (unpaired) electrons. The highest BCUT2D eigenvalue weighted by Gasteiger charge is 2.19. The minimum Gasteiger partial charge on any atom is -0.346 e. The van der Waals surface area contributed by atoms with Crippen LogP contribution in [0.5, 0.6) is 0 Å². The van der Waals surface area contributed by atoms with Crippen molar-refractivity contribution in [3.63, 3.8) is 0 Å². The van der Waals surface area contributed by atoms with E-state index in [0.717, 1.165) is 60.2 Å². The lowest BCUT2D eigenvalue weighted by Crippen LogP contribution is -2.33. The summed E-state index contributed by atoms with van der Waals surface area (Å²) in [5, 5.41) is 1.06. The minimum atomic E-state index is -0.0761. The Balaban J connectivity index is 1.53. The molecule has 1 aliphatic heterocycles. The van der Waals surface area contributed by atoms with Crippen molar-refractivity contribution in [3.8, 4) is 11.1 Å². The molecule has 0 atom stereocenters. The zero-order valence-corrected chi connectivity index (χ0v) is 15.3. The number of rotatable bonds is 3. The molecule has 4 aromatic rings. The van der Waals surface area contributed by atoms with Gasteiger partial charge in [-0.25, -0.2) is 14.8 Å². The Labute approximate surface area is 156 Å². The summed E-state index contributed by atoms with van der Waals surface area (Å²) >= 11 is 0. The van der Waals surface area contributed by atoms with Crippen molar-refractivity contribution in [2.45, 2.75) is 19.4 Å². The number of pyridine rings is 2. The molecule has 0 saturated carbocycles. The molecule has 0 amide bonds. The molecule has 7 nitrogen and oxygen atoms in total. The maximum atomic E-state index is 12.5. The van der Waals surface area contributed by atoms with Crippen molar-refractivity contribution in [1.82, 2.24) is 29.4 Å². The Morgan fingerprint density at radius 1 is 1.11 bits per heavy atom. The summed E-state index contributed by atoms with van der Waals surface area (Å²) in [5.74, 6) is 0.527. The van der Waals surface area contributed by atoms with Gasteiger partial charge >= 0.3 is 5.69 Å². The van der Waals surface area contributed by atoms with Gasteiger partial charge in [-0.05, 0) is 57.1 Å². The van der Waals surface area contributed by atoms with E-state index < -0.39 is 0 Å². The molecule has 1 saturated heterocycles. The molecule has 27 heavy (non-hydrogen) atoms. The Hall–Kier alpha value is -2.93. The monoisotopic (exact) mass is 362 g/mol. The third-order valence-electron chi connectivity index (χ3n) is 5.64. The van der Waals surface area contributed by atoms with E-state index in [9.17, 15) is 4.79 Å². The first-order valence-electron chi connectivity index (χ1n) is 9.38. The summed E-state index contributed by atoms with van der Waals surface area (Å²) in [7, 11) is 2.15. The topological polar surface area (TPSA) is 82.6 Å². The number of hydrogen-bond acceptors (Lipinski definition) is 4. The molecule has 2 N–H and O–H groups in total. The third kappa shape index (κ3) is 2.94. The Morgan fingerprint density at radius 2 is 1.85 bits per heavy atom. The average Bonchev–Trinajstić information content (AvgIpc) is 3.27. The number of piperidine rings is 1. The fourth-order valence-electron chi connectivity index (χ4n) is 3.97. The van der Waals surface area contributed by atoms with Crippen LogP contribution in [-0.4, -0.2) is 49.5 Å². The van der Waals surface area contributed by atoms with Gasteiger partial charge < -0.3 is 9.88 Å². The summed E-state index contributed by atoms with van der Waals surface area (Å²) in [6.07, 6.45) is 7.77. The van der Waals surface area contributed by atoms with E-state index in [1.807, 2.05) is 29.1 Å². The predicted octanol–water partition coefficient (Wildman–Crippen LogP) is 2.61. The van der Waals surface area contributed by atoms with Gasteiger partial charge in [0.15, 0.2) is 5.65 Å². The highest BCUT2D eigenvalue weighted by atomic mass is 16.1. The second kappa shape index (κ2) is 6.35. The lowest BCUT2D eigenvalue weighted by atomic mass is 9.97. The summed E-state index contributed by atoms with van der Waals surface area (Å²) in [6, 6.07) is 6.14. The molecule has 0 unspecified atom stereocenters. The smallest absolute Gasteiger partial charge is 0.327 e. The van der Waals surface area contributed by atoms with Crippen LogP contribution >= 0.6 is 0 Å². The lowest BCUT2D eigenvalue weighted by Gasteiger charge is -2.28. The number of H-pyrrole nitrogens is 2. The number of fused-ring (bicyclic) bond motifs is 2. The molecule has 0 spiro atoms. The van der Waals surface area contributed by atoms with Gasteiger partial charge in [0, 0.05) is 41.6 Å². The first-order valence-corrected chi connectivity index (χ1v) is 9.38. The van der Waals surface area contributed by atoms with Crippen molar-refractivity contribution in [3.05, 3.63) is 47.3 Å². The number of aromatic nitrogens is 5. The van der Waals surface area contributed by atoms with Gasteiger partial charge in [0.05, 0.1) is 5.52 Å². The van der Waals surface area contributed by atoms with E-state index in [4.69, 9.17) is 0 Å².